The Morgan fingerprint density at radius 3 is 2.83 bits per heavy atom. The molecule has 5 nitrogen and oxygen atoms in total. The number of rotatable bonds is 5. The largest absolute Gasteiger partial charge is 0.361 e. The van der Waals surface area contributed by atoms with Crippen LogP contribution in [0.25, 0.3) is 10.9 Å². The number of hydrogen-bond donors (Lipinski definition) is 2. The predicted octanol–water partition coefficient (Wildman–Crippen LogP) is 2.25. The van der Waals surface area contributed by atoms with Gasteiger partial charge in [0, 0.05) is 29.6 Å². The van der Waals surface area contributed by atoms with Crippen LogP contribution in [0, 0.1) is 5.92 Å². The van der Waals surface area contributed by atoms with Crippen LogP contribution in [0.1, 0.15) is 32.3 Å². The second-order valence-corrected chi connectivity index (χ2v) is 6.92. The van der Waals surface area contributed by atoms with Gasteiger partial charge < -0.3 is 15.6 Å². The molecular weight excluding hydrogens is 302 g/mol. The lowest BCUT2D eigenvalue weighted by atomic mass is 9.99. The number of nitrogens with one attached hydrogen (secondary N) is 1. The molecule has 1 amide bonds. The maximum Gasteiger partial charge on any atom is 0.240 e. The molecule has 5 heteroatoms. The summed E-state index contributed by atoms with van der Waals surface area (Å²) in [7, 11) is 0. The van der Waals surface area contributed by atoms with Crippen molar-refractivity contribution >= 4 is 22.6 Å². The van der Waals surface area contributed by atoms with Crippen molar-refractivity contribution in [2.24, 2.45) is 11.7 Å². The molecule has 0 radical (unpaired) electrons. The van der Waals surface area contributed by atoms with Crippen molar-refractivity contribution in [3.8, 4) is 0 Å². The Labute approximate surface area is 142 Å². The lowest BCUT2D eigenvalue weighted by Crippen LogP contribution is -2.50. The molecule has 0 spiro atoms. The van der Waals surface area contributed by atoms with E-state index in [-0.39, 0.29) is 23.7 Å². The lowest BCUT2D eigenvalue weighted by molar-refractivity contribution is -0.139. The van der Waals surface area contributed by atoms with Crippen molar-refractivity contribution in [1.29, 1.82) is 0 Å². The molecule has 3 rings (SSSR count). The van der Waals surface area contributed by atoms with Crippen molar-refractivity contribution < 1.29 is 9.59 Å². The highest BCUT2D eigenvalue weighted by Gasteiger charge is 2.36. The molecule has 128 valence electrons. The summed E-state index contributed by atoms with van der Waals surface area (Å²) in [6.45, 7) is 4.40. The van der Waals surface area contributed by atoms with E-state index < -0.39 is 6.04 Å². The number of carbonyl (C=O) groups is 2. The van der Waals surface area contributed by atoms with Gasteiger partial charge in [0.25, 0.3) is 0 Å². The van der Waals surface area contributed by atoms with Crippen LogP contribution in [0.15, 0.2) is 30.5 Å². The normalized spacial score (nSPS) is 19.2. The minimum absolute atomic E-state index is 0.0618. The SMILES string of the molecule is CC(C)C(=O)C1CCCN1C(=O)[C@@H](N)Cc1c[nH]c2ccccc12. The topological polar surface area (TPSA) is 79.2 Å². The number of para-hydroxylation sites is 1. The molecule has 1 aliphatic heterocycles. The number of nitrogens with zero attached hydrogens (tertiary/aromatic N) is 1. The number of hydrogen-bond acceptors (Lipinski definition) is 3. The smallest absolute Gasteiger partial charge is 0.240 e. The third-order valence-corrected chi connectivity index (χ3v) is 4.87. The minimum Gasteiger partial charge on any atom is -0.361 e. The molecule has 1 aromatic carbocycles. The van der Waals surface area contributed by atoms with Gasteiger partial charge in [-0.25, -0.2) is 0 Å². The summed E-state index contributed by atoms with van der Waals surface area (Å²) in [5.41, 5.74) is 8.28. The van der Waals surface area contributed by atoms with Crippen molar-refractivity contribution in [2.75, 3.05) is 6.54 Å². The van der Waals surface area contributed by atoms with Gasteiger partial charge in [0.2, 0.25) is 5.91 Å². The van der Waals surface area contributed by atoms with E-state index >= 15 is 0 Å². The summed E-state index contributed by atoms with van der Waals surface area (Å²) < 4.78 is 0. The number of H-pyrrole nitrogens is 1. The third-order valence-electron chi connectivity index (χ3n) is 4.87. The fourth-order valence-electron chi connectivity index (χ4n) is 3.55. The van der Waals surface area contributed by atoms with E-state index in [0.717, 1.165) is 29.3 Å². The molecule has 1 saturated heterocycles. The molecule has 1 fully saturated rings. The summed E-state index contributed by atoms with van der Waals surface area (Å²) >= 11 is 0. The molecule has 1 unspecified atom stereocenters. The van der Waals surface area contributed by atoms with E-state index in [1.165, 1.54) is 0 Å². The molecule has 2 heterocycles. The summed E-state index contributed by atoms with van der Waals surface area (Å²) in [5.74, 6) is -0.0369. The summed E-state index contributed by atoms with van der Waals surface area (Å²) in [6, 6.07) is 7.06. The van der Waals surface area contributed by atoms with Gasteiger partial charge in [-0.2, -0.15) is 0 Å². The van der Waals surface area contributed by atoms with Crippen molar-refractivity contribution in [2.45, 2.75) is 45.2 Å². The molecule has 24 heavy (non-hydrogen) atoms. The standard InChI is InChI=1S/C19H25N3O2/c1-12(2)18(23)17-8-5-9-22(17)19(24)15(20)10-13-11-21-16-7-4-3-6-14(13)16/h3-4,6-7,11-12,15,17,21H,5,8-10,20H2,1-2H3/t15-,17?/m0/s1. The van der Waals surface area contributed by atoms with Crippen LogP contribution in [-0.4, -0.2) is 40.2 Å². The molecule has 0 aliphatic carbocycles. The number of carbonyl (C=O) groups excluding carboxylic acids is 2. The van der Waals surface area contributed by atoms with Crippen molar-refractivity contribution in [3.05, 3.63) is 36.0 Å². The number of benzene rings is 1. The van der Waals surface area contributed by atoms with Gasteiger partial charge >= 0.3 is 0 Å². The number of likely N-dealkylation sites (tertiary alicyclic amines) is 1. The van der Waals surface area contributed by atoms with E-state index in [2.05, 4.69) is 4.98 Å². The number of aromatic amines is 1. The van der Waals surface area contributed by atoms with Gasteiger partial charge in [-0.1, -0.05) is 32.0 Å². The molecular formula is C19H25N3O2. The van der Waals surface area contributed by atoms with Crippen LogP contribution in [0.2, 0.25) is 0 Å². The Morgan fingerprint density at radius 2 is 2.08 bits per heavy atom. The van der Waals surface area contributed by atoms with Gasteiger partial charge in [0.05, 0.1) is 12.1 Å². The molecule has 0 saturated carbocycles. The van der Waals surface area contributed by atoms with Crippen LogP contribution in [0.5, 0.6) is 0 Å². The molecule has 1 aromatic heterocycles. The first-order chi connectivity index (χ1) is 11.5. The number of nitrogens with two attached hydrogens (primary N) is 1. The zero-order valence-electron chi connectivity index (χ0n) is 14.3. The molecule has 0 bridgehead atoms. The van der Waals surface area contributed by atoms with Crippen LogP contribution >= 0.6 is 0 Å². The highest BCUT2D eigenvalue weighted by Crippen LogP contribution is 2.23. The number of ketones is 1. The first-order valence-corrected chi connectivity index (χ1v) is 8.64. The van der Waals surface area contributed by atoms with Gasteiger partial charge in [0.15, 0.2) is 5.78 Å². The zero-order valence-corrected chi connectivity index (χ0v) is 14.3. The highest BCUT2D eigenvalue weighted by molar-refractivity contribution is 5.93. The Bertz CT molecular complexity index is 750. The fourth-order valence-corrected chi connectivity index (χ4v) is 3.55. The maximum absolute atomic E-state index is 12.8. The van der Waals surface area contributed by atoms with E-state index in [9.17, 15) is 9.59 Å². The van der Waals surface area contributed by atoms with E-state index in [4.69, 9.17) is 5.73 Å². The van der Waals surface area contributed by atoms with Crippen molar-refractivity contribution in [3.63, 3.8) is 0 Å². The summed E-state index contributed by atoms with van der Waals surface area (Å²) in [6.07, 6.45) is 4.01. The Balaban J connectivity index is 1.73. The Kier molecular flexibility index (Phi) is 4.71. The van der Waals surface area contributed by atoms with Crippen LogP contribution < -0.4 is 5.73 Å². The van der Waals surface area contributed by atoms with Crippen LogP contribution in [0.4, 0.5) is 0 Å². The van der Waals surface area contributed by atoms with E-state index in [1.807, 2.05) is 44.3 Å². The second-order valence-electron chi connectivity index (χ2n) is 6.92. The number of amides is 1. The lowest BCUT2D eigenvalue weighted by Gasteiger charge is -2.27. The first kappa shape index (κ1) is 16.7. The average Bonchev–Trinajstić information content (AvgIpc) is 3.20. The summed E-state index contributed by atoms with van der Waals surface area (Å²) in [4.78, 5) is 30.0. The maximum atomic E-state index is 12.8. The average molecular weight is 327 g/mol. The monoisotopic (exact) mass is 327 g/mol. The second kappa shape index (κ2) is 6.77. The summed E-state index contributed by atoms with van der Waals surface area (Å²) in [5, 5.41) is 1.09. The van der Waals surface area contributed by atoms with E-state index in [0.29, 0.717) is 13.0 Å². The Morgan fingerprint density at radius 1 is 1.33 bits per heavy atom. The number of aromatic nitrogens is 1. The van der Waals surface area contributed by atoms with Crippen LogP contribution in [0.3, 0.4) is 0 Å². The minimum atomic E-state index is -0.621. The molecule has 2 atom stereocenters. The Hall–Kier alpha value is -2.14. The quantitative estimate of drug-likeness (QED) is 0.884. The van der Waals surface area contributed by atoms with Gasteiger partial charge in [-0.05, 0) is 30.9 Å². The number of Topliss-reactive ketones (excluding diaryl/α,β-unsaturated/α-hetero) is 1. The van der Waals surface area contributed by atoms with E-state index in [1.54, 1.807) is 4.90 Å². The predicted molar refractivity (Wildman–Crippen MR) is 94.6 cm³/mol. The third kappa shape index (κ3) is 3.08. The molecule has 2 aromatic rings. The first-order valence-electron chi connectivity index (χ1n) is 8.64. The van der Waals surface area contributed by atoms with Crippen LogP contribution in [-0.2, 0) is 16.0 Å². The highest BCUT2D eigenvalue weighted by atomic mass is 16.2. The van der Waals surface area contributed by atoms with Gasteiger partial charge in [-0.3, -0.25) is 9.59 Å². The zero-order chi connectivity index (χ0) is 17.3. The van der Waals surface area contributed by atoms with Gasteiger partial charge in [0.1, 0.15) is 0 Å². The molecule has 3 N–H and O–H groups in total. The molecule has 1 aliphatic rings. The van der Waals surface area contributed by atoms with Crippen molar-refractivity contribution in [1.82, 2.24) is 9.88 Å². The van der Waals surface area contributed by atoms with Gasteiger partial charge in [-0.15, -0.1) is 0 Å². The fraction of sp³-hybridized carbons (Fsp3) is 0.474. The number of fused-ring (bicyclic) bond motifs is 1.